The lowest BCUT2D eigenvalue weighted by Crippen LogP contribution is -2.14. The van der Waals surface area contributed by atoms with E-state index in [0.717, 1.165) is 0 Å². The van der Waals surface area contributed by atoms with Gasteiger partial charge in [0.2, 0.25) is 6.10 Å². The number of benzene rings is 2. The number of halogens is 2. The van der Waals surface area contributed by atoms with Crippen LogP contribution in [0.4, 0.5) is 0 Å². The van der Waals surface area contributed by atoms with E-state index in [1.165, 1.54) is 0 Å². The molecule has 2 aromatic rings. The first-order valence-electron chi connectivity index (χ1n) is 9.04. The zero-order valence-electron chi connectivity index (χ0n) is 15.6. The summed E-state index contributed by atoms with van der Waals surface area (Å²) in [6.45, 7) is 3.96. The Labute approximate surface area is 175 Å². The quantitative estimate of drug-likeness (QED) is 0.406. The maximum atomic E-state index is 12.6. The summed E-state index contributed by atoms with van der Waals surface area (Å²) in [5, 5.41) is 9.54. The summed E-state index contributed by atoms with van der Waals surface area (Å²) in [5.74, 6) is 0.588. The van der Waals surface area contributed by atoms with Crippen LogP contribution in [0.2, 0.25) is 0 Å². The highest BCUT2D eigenvalue weighted by molar-refractivity contribution is 6.44. The average Bonchev–Trinajstić information content (AvgIpc) is 3.20. The Kier molecular flexibility index (Phi) is 6.17. The molecule has 0 aliphatic heterocycles. The molecule has 1 saturated carbocycles. The number of alkyl halides is 2. The summed E-state index contributed by atoms with van der Waals surface area (Å²) >= 11 is 11.7. The van der Waals surface area contributed by atoms with Crippen LogP contribution in [0.25, 0.3) is 0 Å². The number of carbonyl (C=O) groups excluding carboxylic acids is 1. The molecule has 3 rings (SSSR count). The first-order chi connectivity index (χ1) is 13.3. The minimum absolute atomic E-state index is 0.0482. The zero-order chi connectivity index (χ0) is 20.3. The topological polar surface area (TPSA) is 59.3 Å². The lowest BCUT2D eigenvalue weighted by atomic mass is 10.1. The molecule has 1 fully saturated rings. The molecule has 0 N–H and O–H groups in total. The Balaban J connectivity index is 1.70. The Morgan fingerprint density at radius 2 is 1.82 bits per heavy atom. The lowest BCUT2D eigenvalue weighted by molar-refractivity contribution is -0.149. The fraction of sp³-hybridized carbons (Fsp3) is 0.364. The van der Waals surface area contributed by atoms with E-state index in [9.17, 15) is 10.1 Å². The molecular formula is C22H21Cl2NO3. The van der Waals surface area contributed by atoms with E-state index in [-0.39, 0.29) is 17.3 Å². The van der Waals surface area contributed by atoms with Crippen molar-refractivity contribution in [1.29, 1.82) is 5.26 Å². The summed E-state index contributed by atoms with van der Waals surface area (Å²) in [5.41, 5.74) is 0.323. The van der Waals surface area contributed by atoms with Crippen LogP contribution in [0.3, 0.4) is 0 Å². The number of nitrogens with zero attached hydrogens (tertiary/aromatic N) is 1. The molecule has 0 saturated heterocycles. The van der Waals surface area contributed by atoms with Crippen molar-refractivity contribution in [2.75, 3.05) is 0 Å². The zero-order valence-corrected chi connectivity index (χ0v) is 17.2. The van der Waals surface area contributed by atoms with Gasteiger partial charge in [-0.05, 0) is 42.0 Å². The van der Waals surface area contributed by atoms with Gasteiger partial charge in [-0.2, -0.15) is 5.26 Å². The number of esters is 1. The molecule has 4 nitrogen and oxygen atoms in total. The fourth-order valence-electron chi connectivity index (χ4n) is 3.57. The van der Waals surface area contributed by atoms with Gasteiger partial charge in [0.15, 0.2) is 0 Å². The van der Waals surface area contributed by atoms with Crippen LogP contribution in [0.1, 0.15) is 31.9 Å². The summed E-state index contributed by atoms with van der Waals surface area (Å²) < 4.78 is 11.3. The molecule has 146 valence electrons. The van der Waals surface area contributed by atoms with E-state index in [1.54, 1.807) is 24.3 Å². The molecule has 3 atom stereocenters. The number of hydrogen-bond acceptors (Lipinski definition) is 4. The summed E-state index contributed by atoms with van der Waals surface area (Å²) in [6, 6.07) is 18.4. The molecule has 0 spiro atoms. The van der Waals surface area contributed by atoms with E-state index in [0.29, 0.717) is 23.5 Å². The molecule has 0 amide bonds. The number of nitriles is 1. The maximum absolute atomic E-state index is 12.6. The van der Waals surface area contributed by atoms with Gasteiger partial charge < -0.3 is 9.47 Å². The molecule has 6 heteroatoms. The summed E-state index contributed by atoms with van der Waals surface area (Å²) in [4.78, 5) is 12.1. The molecule has 1 aliphatic carbocycles. The first kappa shape index (κ1) is 20.5. The van der Waals surface area contributed by atoms with Crippen molar-refractivity contribution in [3.05, 3.63) is 60.2 Å². The Hall–Kier alpha value is -2.22. The highest BCUT2D eigenvalue weighted by atomic mass is 35.5. The van der Waals surface area contributed by atoms with Crippen LogP contribution in [0.15, 0.2) is 54.6 Å². The maximum Gasteiger partial charge on any atom is 0.311 e. The smallest absolute Gasteiger partial charge is 0.311 e. The normalized spacial score (nSPS) is 20.9. The van der Waals surface area contributed by atoms with Gasteiger partial charge in [0, 0.05) is 5.56 Å². The van der Waals surface area contributed by atoms with E-state index >= 15 is 0 Å². The molecule has 0 bridgehead atoms. The van der Waals surface area contributed by atoms with Gasteiger partial charge in [0.1, 0.15) is 22.4 Å². The molecule has 0 aromatic heterocycles. The van der Waals surface area contributed by atoms with Crippen LogP contribution in [-0.2, 0) is 9.53 Å². The molecule has 28 heavy (non-hydrogen) atoms. The SMILES string of the molecule is CC1(C)[C@H](C(=O)OC(C#N)c2cccc(Oc3ccccc3)c2)[C@@H]1CC(Cl)Cl. The van der Waals surface area contributed by atoms with Crippen molar-refractivity contribution < 1.29 is 14.3 Å². The third-order valence-corrected chi connectivity index (χ3v) is 5.58. The minimum atomic E-state index is -1.01. The fourth-order valence-corrected chi connectivity index (χ4v) is 3.95. The van der Waals surface area contributed by atoms with Crippen molar-refractivity contribution in [3.8, 4) is 17.6 Å². The number of carbonyl (C=O) groups is 1. The first-order valence-corrected chi connectivity index (χ1v) is 9.91. The summed E-state index contributed by atoms with van der Waals surface area (Å²) in [7, 11) is 0. The van der Waals surface area contributed by atoms with E-state index in [1.807, 2.05) is 44.2 Å². The monoisotopic (exact) mass is 417 g/mol. The van der Waals surface area contributed by atoms with Crippen LogP contribution in [0.5, 0.6) is 11.5 Å². The standard InChI is InChI=1S/C22H21Cl2NO3/c1-22(2)17(12-19(23)24)20(22)21(26)28-18(13-25)14-7-6-10-16(11-14)27-15-8-4-3-5-9-15/h3-11,17-20H,12H2,1-2H3/t17-,18?,20-/m0/s1. The van der Waals surface area contributed by atoms with Gasteiger partial charge in [0.25, 0.3) is 0 Å². The molecule has 0 radical (unpaired) electrons. The van der Waals surface area contributed by atoms with Gasteiger partial charge in [-0.1, -0.05) is 44.2 Å². The van der Waals surface area contributed by atoms with Crippen molar-refractivity contribution in [3.63, 3.8) is 0 Å². The third-order valence-electron chi connectivity index (χ3n) is 5.23. The van der Waals surface area contributed by atoms with Gasteiger partial charge in [-0.15, -0.1) is 23.2 Å². The molecule has 2 aromatic carbocycles. The predicted molar refractivity (Wildman–Crippen MR) is 108 cm³/mol. The van der Waals surface area contributed by atoms with Crippen molar-refractivity contribution >= 4 is 29.2 Å². The van der Waals surface area contributed by atoms with Crippen molar-refractivity contribution in [1.82, 2.24) is 0 Å². The Bertz CT molecular complexity index is 877. The predicted octanol–water partition coefficient (Wildman–Crippen LogP) is 6.05. The summed E-state index contributed by atoms with van der Waals surface area (Å²) in [6.07, 6.45) is -0.486. The highest BCUT2D eigenvalue weighted by Gasteiger charge is 2.62. The van der Waals surface area contributed by atoms with Crippen LogP contribution in [-0.4, -0.2) is 10.8 Å². The molecule has 1 unspecified atom stereocenters. The van der Waals surface area contributed by atoms with E-state index in [2.05, 4.69) is 6.07 Å². The molecular weight excluding hydrogens is 397 g/mol. The van der Waals surface area contributed by atoms with Gasteiger partial charge >= 0.3 is 5.97 Å². The van der Waals surface area contributed by atoms with Gasteiger partial charge in [0.05, 0.1) is 5.92 Å². The number of para-hydroxylation sites is 1. The van der Waals surface area contributed by atoms with Crippen LogP contribution < -0.4 is 4.74 Å². The van der Waals surface area contributed by atoms with Gasteiger partial charge in [-0.25, -0.2) is 0 Å². The van der Waals surface area contributed by atoms with Crippen molar-refractivity contribution in [2.24, 2.45) is 17.3 Å². The second-order valence-corrected chi connectivity index (χ2v) is 8.74. The molecule has 1 aliphatic rings. The largest absolute Gasteiger partial charge is 0.457 e. The highest BCUT2D eigenvalue weighted by Crippen LogP contribution is 2.61. The lowest BCUT2D eigenvalue weighted by Gasteiger charge is -2.13. The van der Waals surface area contributed by atoms with E-state index < -0.39 is 16.9 Å². The van der Waals surface area contributed by atoms with Crippen molar-refractivity contribution in [2.45, 2.75) is 31.2 Å². The minimum Gasteiger partial charge on any atom is -0.457 e. The third kappa shape index (κ3) is 4.60. The number of hydrogen-bond donors (Lipinski definition) is 0. The number of ether oxygens (including phenoxy) is 2. The second kappa shape index (κ2) is 8.43. The van der Waals surface area contributed by atoms with E-state index in [4.69, 9.17) is 32.7 Å². The Morgan fingerprint density at radius 1 is 1.14 bits per heavy atom. The van der Waals surface area contributed by atoms with Gasteiger partial charge in [-0.3, -0.25) is 4.79 Å². The van der Waals surface area contributed by atoms with Crippen LogP contribution in [0, 0.1) is 28.6 Å². The van der Waals surface area contributed by atoms with Crippen LogP contribution >= 0.6 is 23.2 Å². The average molecular weight is 418 g/mol. The second-order valence-electron chi connectivity index (χ2n) is 7.47. The molecule has 0 heterocycles. The Morgan fingerprint density at radius 3 is 2.46 bits per heavy atom. The number of rotatable bonds is 7.